The summed E-state index contributed by atoms with van der Waals surface area (Å²) in [6.07, 6.45) is 19.9. The summed E-state index contributed by atoms with van der Waals surface area (Å²) in [5.41, 5.74) is 9.03. The van der Waals surface area contributed by atoms with E-state index in [0.717, 1.165) is 96.3 Å². The summed E-state index contributed by atoms with van der Waals surface area (Å²) < 4.78 is 3.19. The first-order valence-electron chi connectivity index (χ1n) is 41.6. The number of hydrogen-bond donors (Lipinski definition) is 13. The number of nitrogens with zero attached hydrogens (tertiary/aromatic N) is 10. The van der Waals surface area contributed by atoms with Gasteiger partial charge >= 0.3 is 11.4 Å². The summed E-state index contributed by atoms with van der Waals surface area (Å²) in [6, 6.07) is 5.17. The van der Waals surface area contributed by atoms with Gasteiger partial charge in [-0.2, -0.15) is 10.2 Å². The van der Waals surface area contributed by atoms with Crippen molar-refractivity contribution in [1.82, 2.24) is 87.0 Å². The number of aryl methyl sites for hydroxylation is 1. The number of rotatable bonds is 12. The fourth-order valence-corrected chi connectivity index (χ4v) is 10.5. The van der Waals surface area contributed by atoms with Crippen molar-refractivity contribution < 1.29 is 4.79 Å². The summed E-state index contributed by atoms with van der Waals surface area (Å²) in [6.45, 7) is 81.5. The fourth-order valence-electron chi connectivity index (χ4n) is 10.0. The predicted octanol–water partition coefficient (Wildman–Crippen LogP) is 16.8. The highest BCUT2D eigenvalue weighted by Crippen LogP contribution is 2.26. The smallest absolute Gasteiger partial charge is 0.343 e. The maximum atomic E-state index is 11.2. The third-order valence-corrected chi connectivity index (χ3v) is 18.0. The largest absolute Gasteiger partial charge is 0.382 e. The van der Waals surface area contributed by atoms with Crippen LogP contribution in [0.25, 0.3) is 0 Å². The lowest BCUT2D eigenvalue weighted by Crippen LogP contribution is -2.43. The van der Waals surface area contributed by atoms with Crippen molar-refractivity contribution >= 4 is 57.1 Å². The molecule has 13 N–H and O–H groups in total. The van der Waals surface area contributed by atoms with E-state index in [9.17, 15) is 33.6 Å². The number of carbonyl (C=O) groups excluding carboxylic acids is 1. The molecule has 0 bridgehead atoms. The normalized spacial score (nSPS) is 15.3. The molecule has 0 aliphatic carbocycles. The molecule has 30 nitrogen and oxygen atoms in total. The lowest BCUT2D eigenvalue weighted by molar-refractivity contribution is -0.116. The van der Waals surface area contributed by atoms with Crippen LogP contribution in [0, 0.1) is 35.5 Å². The van der Waals surface area contributed by atoms with Crippen LogP contribution >= 0.6 is 15.9 Å². The van der Waals surface area contributed by atoms with Gasteiger partial charge in [0, 0.05) is 168 Å². The number of amidine groups is 4. The lowest BCUT2D eigenvalue weighted by Gasteiger charge is -2.23. The number of aromatic amines is 4. The van der Waals surface area contributed by atoms with Gasteiger partial charge in [0.25, 0.3) is 11.5 Å². The summed E-state index contributed by atoms with van der Waals surface area (Å²) in [4.78, 5) is 110. The van der Waals surface area contributed by atoms with Gasteiger partial charge in [-0.05, 0) is 110 Å². The van der Waals surface area contributed by atoms with Crippen LogP contribution in [0.2, 0.25) is 0 Å². The van der Waals surface area contributed by atoms with Crippen LogP contribution in [0.1, 0.15) is 268 Å². The average molecular weight is 1810 g/mol. The van der Waals surface area contributed by atoms with E-state index in [2.05, 4.69) is 273 Å². The monoisotopic (exact) mass is 1810 g/mol. The molecule has 11 heterocycles. The van der Waals surface area contributed by atoms with Crippen LogP contribution < -0.4 is 81.1 Å². The van der Waals surface area contributed by atoms with E-state index in [1.54, 1.807) is 37.8 Å². The van der Waals surface area contributed by atoms with Crippen LogP contribution in [0.5, 0.6) is 0 Å². The SMILES string of the molecule is C.C.C.C=C1C=C(Br)N=C(C(C)C)N1.C=C1C=CC=C(C(C)C)N1.C=C1C=CN=C(C(C)C)N1.C=C1C=NC=C(C(C)C)N1.C=C1NC(=O)C=C(C(C)C)N1.C=C1NC(C(C)C)=NC1(C)C.CC(C)c1cc(=O)cc[nH]1.CC(C)c1cc(=O)n(C)c(=O)[nH]1.CC(C)c1ncn[nH]1.CC(C)c1nn(C)c(=O)[nH]1.CC1=NCC(C)N1.CCNc1c(C(C)(C)C)c(=O)c1=O. The quantitative estimate of drug-likeness (QED) is 0.0407. The molecule has 4 aromatic heterocycles. The molecule has 1 atom stereocenters. The standard InChI is InChI=1S/C10H15NO2.C9H16N2.C9H13N.C8H11BrN2.C8H12N2O2.C8H12N2O.2C8H12N2.C8H11NO.C6H11N3O.C5H9N3.C5H10N2.3CH4/c1-5-11-7-6(10(2,3)4)8(12)9(7)13;1-6(2)8-10-7(3)9(4,5)11-8;1-7(2)9-6-4-5-8(3)10-9;1-5(2)8-10-6(3)4-7(9)11-8;1-5(2)6-4-7(11)10(3)8(12)9-6;1-5(2)7-4-8(11)10-6(3)9-7;1-6(2)8-5-9-4-7(3)10-8;1-6(2)8-9-5-4-7(3)10-8;1-6(2)8-5-7(10)3-4-9-8;1-4(2)5-7-6(10)9(3)8-5;1-4(2)5-6-3-7-8-5;1-4-3-6-5(2)7-4;;;/h11H,5H2,1-4H3;6H,3H2,1-2,4-5H3,(H,10,11);4-7,10H,3H2,1-2H3;4-5H,3H2,1-2H3,(H,10,11);4-5H,1-3H3,(H,9,12);4-5,9H,3H2,1-2H3,(H,10,11);4-6,10H,3H2,1-2H3;4-6H,3H2,1-2H3,(H,9,10);3-6H,1-2H3,(H,9,10);4H,1-3H3,(H,7,8,10);3-4H,1-2H3,(H,6,7,8);4H,3H2,1-2H3,(H,6,7);3*1H4. The molecule has 5 aromatic rings. The fraction of sp³-hybridized carbons (Fsp3) is 0.505. The van der Waals surface area contributed by atoms with Gasteiger partial charge in [0.2, 0.25) is 10.9 Å². The van der Waals surface area contributed by atoms with E-state index in [1.165, 1.54) is 35.9 Å². The number of nitrogens with one attached hydrogen (secondary N) is 13. The van der Waals surface area contributed by atoms with Crippen molar-refractivity contribution in [3.05, 3.63) is 266 Å². The first-order valence-corrected chi connectivity index (χ1v) is 42.3. The zero-order valence-corrected chi connectivity index (χ0v) is 80.4. The average Bonchev–Trinajstić information content (AvgIpc) is 0.901. The van der Waals surface area contributed by atoms with Crippen LogP contribution in [0.15, 0.2) is 229 Å². The van der Waals surface area contributed by atoms with Gasteiger partial charge < -0.3 is 57.8 Å². The Balaban J connectivity index is -0.00000131. The minimum absolute atomic E-state index is 0. The van der Waals surface area contributed by atoms with Gasteiger partial charge in [0.1, 0.15) is 45.9 Å². The van der Waals surface area contributed by atoms with E-state index in [-0.39, 0.29) is 84.2 Å². The van der Waals surface area contributed by atoms with Crippen molar-refractivity contribution in [1.29, 1.82) is 0 Å². The zero-order chi connectivity index (χ0) is 94.3. The number of hydrogen-bond acceptors (Lipinski definition) is 23. The summed E-state index contributed by atoms with van der Waals surface area (Å²) in [5, 5.41) is 37.8. The van der Waals surface area contributed by atoms with E-state index < -0.39 is 0 Å². The minimum Gasteiger partial charge on any atom is -0.382 e. The first kappa shape index (κ1) is 119. The third kappa shape index (κ3) is 44.8. The summed E-state index contributed by atoms with van der Waals surface area (Å²) >= 11 is 3.31. The number of pyridine rings is 1. The molecule has 1 unspecified atom stereocenters. The number of aliphatic imine (C=N–C) groups is 5. The van der Waals surface area contributed by atoms with E-state index in [1.807, 2.05) is 121 Å². The van der Waals surface area contributed by atoms with Crippen molar-refractivity contribution in [3.8, 4) is 0 Å². The molecule has 0 saturated heterocycles. The number of aromatic nitrogens is 9. The lowest BCUT2D eigenvalue weighted by atomic mass is 9.82. The number of allylic oxidation sites excluding steroid dienone is 9. The molecular weight excluding hydrogens is 1660 g/mol. The molecular formula is C95H156BrN23O7. The van der Waals surface area contributed by atoms with Gasteiger partial charge in [-0.25, -0.2) is 29.2 Å². The number of anilines is 1. The molecule has 1 aromatic carbocycles. The Hall–Kier alpha value is -11.6. The Morgan fingerprint density at radius 1 is 0.603 bits per heavy atom. The molecule has 126 heavy (non-hydrogen) atoms. The highest BCUT2D eigenvalue weighted by molar-refractivity contribution is 9.11. The summed E-state index contributed by atoms with van der Waals surface area (Å²) in [5.74, 6) is 10.3. The molecule has 0 spiro atoms. The topological polar surface area (TPSA) is 401 Å². The van der Waals surface area contributed by atoms with E-state index in [4.69, 9.17) is 0 Å². The number of amides is 1. The maximum absolute atomic E-state index is 11.2. The second kappa shape index (κ2) is 57.8. The molecule has 12 rings (SSSR count). The van der Waals surface area contributed by atoms with Crippen molar-refractivity contribution in [2.45, 2.75) is 257 Å². The van der Waals surface area contributed by atoms with Crippen LogP contribution in [-0.4, -0.2) is 105 Å². The second-order valence-electron chi connectivity index (χ2n) is 34.0. The minimum atomic E-state index is -0.369. The molecule has 1 amide bonds. The van der Waals surface area contributed by atoms with Crippen molar-refractivity contribution in [2.24, 2.45) is 74.6 Å². The highest BCUT2D eigenvalue weighted by Gasteiger charge is 2.31. The van der Waals surface area contributed by atoms with E-state index in [0.29, 0.717) is 82.7 Å². The molecule has 31 heteroatoms. The van der Waals surface area contributed by atoms with Crippen LogP contribution in [-0.2, 0) is 24.3 Å². The van der Waals surface area contributed by atoms with Gasteiger partial charge in [-0.15, -0.1) is 0 Å². The van der Waals surface area contributed by atoms with Crippen LogP contribution in [0.4, 0.5) is 5.69 Å². The Kier molecular flexibility index (Phi) is 54.4. The molecule has 700 valence electrons. The van der Waals surface area contributed by atoms with Crippen molar-refractivity contribution in [2.75, 3.05) is 18.4 Å². The van der Waals surface area contributed by atoms with E-state index >= 15 is 0 Å². The van der Waals surface area contributed by atoms with Crippen LogP contribution in [0.3, 0.4) is 0 Å². The van der Waals surface area contributed by atoms with Gasteiger partial charge in [-0.3, -0.25) is 53.6 Å². The number of carbonyl (C=O) groups is 1. The van der Waals surface area contributed by atoms with Gasteiger partial charge in [-0.1, -0.05) is 227 Å². The van der Waals surface area contributed by atoms with Gasteiger partial charge in [0.15, 0.2) is 5.43 Å². The number of halogens is 1. The number of H-pyrrole nitrogens is 4. The molecule has 0 radical (unpaired) electrons. The Bertz CT molecular complexity index is 4870. The zero-order valence-electron chi connectivity index (χ0n) is 78.8. The highest BCUT2D eigenvalue weighted by atomic mass is 79.9. The number of dihydropyridines is 1. The Labute approximate surface area is 760 Å². The second-order valence-corrected chi connectivity index (χ2v) is 34.8. The Morgan fingerprint density at radius 2 is 1.16 bits per heavy atom. The molecule has 0 saturated carbocycles. The molecule has 7 aliphatic heterocycles. The molecule has 7 aliphatic rings. The Morgan fingerprint density at radius 3 is 1.50 bits per heavy atom. The third-order valence-electron chi connectivity index (χ3n) is 17.6. The van der Waals surface area contributed by atoms with Gasteiger partial charge in [0.05, 0.1) is 23.6 Å². The molecule has 0 fully saturated rings. The summed E-state index contributed by atoms with van der Waals surface area (Å²) in [7, 11) is 3.08. The first-order chi connectivity index (χ1) is 57.0. The predicted molar refractivity (Wildman–Crippen MR) is 536 cm³/mol. The van der Waals surface area contributed by atoms with Crippen molar-refractivity contribution in [3.63, 3.8) is 0 Å². The maximum Gasteiger partial charge on any atom is 0.343 e.